The number of aromatic amines is 1. The molecule has 164 valence electrons. The minimum Gasteiger partial charge on any atom is -0.491 e. The second kappa shape index (κ2) is 8.70. The number of fused-ring (bicyclic) bond motifs is 1. The minimum absolute atomic E-state index is 0.167. The van der Waals surface area contributed by atoms with Gasteiger partial charge in [0, 0.05) is 22.6 Å². The van der Waals surface area contributed by atoms with Crippen LogP contribution in [0.3, 0.4) is 0 Å². The molecule has 32 heavy (non-hydrogen) atoms. The summed E-state index contributed by atoms with van der Waals surface area (Å²) < 4.78 is 8.82. The maximum Gasteiger partial charge on any atom is 0.349 e. The van der Waals surface area contributed by atoms with Gasteiger partial charge in [0.25, 0.3) is 5.56 Å². The lowest BCUT2D eigenvalue weighted by Crippen LogP contribution is -2.32. The van der Waals surface area contributed by atoms with Crippen molar-refractivity contribution in [3.8, 4) is 11.4 Å². The number of nitrogens with one attached hydrogen (secondary N) is 1. The highest BCUT2D eigenvalue weighted by Gasteiger charge is 2.11. The number of hydrogen-bond acceptors (Lipinski definition) is 4. The summed E-state index contributed by atoms with van der Waals surface area (Å²) >= 11 is 0. The summed E-state index contributed by atoms with van der Waals surface area (Å²) in [5.74, 6) is 0.835. The summed E-state index contributed by atoms with van der Waals surface area (Å²) in [6.45, 7) is 8.12. The van der Waals surface area contributed by atoms with Crippen molar-refractivity contribution in [2.45, 2.75) is 40.2 Å². The fourth-order valence-electron chi connectivity index (χ4n) is 3.68. The van der Waals surface area contributed by atoms with Crippen LogP contribution >= 0.6 is 0 Å². The molecule has 1 unspecified atom stereocenters. The predicted molar refractivity (Wildman–Crippen MR) is 127 cm³/mol. The molecule has 2 aromatic heterocycles. The van der Waals surface area contributed by atoms with Gasteiger partial charge >= 0.3 is 5.69 Å². The number of H-pyrrole nitrogens is 1. The lowest BCUT2D eigenvalue weighted by molar-refractivity contribution is 0.217. The van der Waals surface area contributed by atoms with E-state index in [-0.39, 0.29) is 6.10 Å². The largest absolute Gasteiger partial charge is 0.491 e. The lowest BCUT2D eigenvalue weighted by Gasteiger charge is -2.14. The third-order valence-corrected chi connectivity index (χ3v) is 5.57. The molecule has 7 heteroatoms. The van der Waals surface area contributed by atoms with Crippen LogP contribution in [0.5, 0.6) is 5.75 Å². The van der Waals surface area contributed by atoms with Crippen molar-refractivity contribution in [3.63, 3.8) is 0 Å². The predicted octanol–water partition coefficient (Wildman–Crippen LogP) is 4.16. The molecule has 1 N–H and O–H groups in total. The third-order valence-electron chi connectivity index (χ3n) is 5.57. The average molecular weight is 431 g/mol. The topological polar surface area (TPSA) is 81.4 Å². The van der Waals surface area contributed by atoms with Gasteiger partial charge in [-0.25, -0.2) is 4.79 Å². The van der Waals surface area contributed by atoms with Crippen LogP contribution in [0.4, 0.5) is 0 Å². The Morgan fingerprint density at radius 2 is 1.81 bits per heavy atom. The summed E-state index contributed by atoms with van der Waals surface area (Å²) in [5, 5.41) is 4.60. The Morgan fingerprint density at radius 1 is 1.09 bits per heavy atom. The monoisotopic (exact) mass is 430 g/mol. The first-order chi connectivity index (χ1) is 15.4. The number of benzene rings is 2. The zero-order valence-corrected chi connectivity index (χ0v) is 18.6. The van der Waals surface area contributed by atoms with Crippen molar-refractivity contribution in [2.75, 3.05) is 0 Å². The van der Waals surface area contributed by atoms with E-state index in [1.807, 2.05) is 51.1 Å². The summed E-state index contributed by atoms with van der Waals surface area (Å²) in [5.41, 5.74) is 3.25. The van der Waals surface area contributed by atoms with Crippen LogP contribution in [0.25, 0.3) is 16.6 Å². The van der Waals surface area contributed by atoms with Crippen molar-refractivity contribution in [3.05, 3.63) is 92.4 Å². The second-order valence-electron chi connectivity index (χ2n) is 7.83. The van der Waals surface area contributed by atoms with Crippen LogP contribution in [0, 0.1) is 13.8 Å². The molecule has 0 amide bonds. The van der Waals surface area contributed by atoms with Crippen LogP contribution in [0.15, 0.2) is 69.3 Å². The first-order valence-corrected chi connectivity index (χ1v) is 10.6. The van der Waals surface area contributed by atoms with Gasteiger partial charge in [0.15, 0.2) is 0 Å². The molecular weight excluding hydrogens is 404 g/mol. The van der Waals surface area contributed by atoms with E-state index in [1.54, 1.807) is 30.5 Å². The third kappa shape index (κ3) is 4.01. The second-order valence-corrected chi connectivity index (χ2v) is 7.83. The van der Waals surface area contributed by atoms with Gasteiger partial charge in [-0.05, 0) is 69.7 Å². The van der Waals surface area contributed by atoms with E-state index < -0.39 is 11.2 Å². The van der Waals surface area contributed by atoms with Crippen molar-refractivity contribution >= 4 is 17.1 Å². The van der Waals surface area contributed by atoms with Gasteiger partial charge in [0.05, 0.1) is 23.2 Å². The maximum absolute atomic E-state index is 12.7. The Bertz CT molecular complexity index is 1410. The molecule has 0 radical (unpaired) electrons. The van der Waals surface area contributed by atoms with E-state index >= 15 is 0 Å². The minimum atomic E-state index is -0.573. The van der Waals surface area contributed by atoms with Gasteiger partial charge in [-0.1, -0.05) is 19.1 Å². The van der Waals surface area contributed by atoms with Crippen molar-refractivity contribution < 1.29 is 4.74 Å². The SMILES string of the molecule is CCC(C)Oc1ccc(-n2c(C)cc(C=Nn3c(=O)[nH]c4ccccc4c3=O)c2C)cc1. The van der Waals surface area contributed by atoms with E-state index in [1.165, 1.54) is 0 Å². The summed E-state index contributed by atoms with van der Waals surface area (Å²) in [4.78, 5) is 27.7. The molecule has 2 aromatic carbocycles. The number of hydrogen-bond donors (Lipinski definition) is 1. The maximum atomic E-state index is 12.7. The van der Waals surface area contributed by atoms with Crippen LogP contribution < -0.4 is 16.0 Å². The molecule has 0 spiro atoms. The van der Waals surface area contributed by atoms with Crippen molar-refractivity contribution in [2.24, 2.45) is 5.10 Å². The molecule has 0 aliphatic carbocycles. The molecule has 0 saturated carbocycles. The zero-order valence-electron chi connectivity index (χ0n) is 18.6. The van der Waals surface area contributed by atoms with Gasteiger partial charge in [0.2, 0.25) is 0 Å². The standard InChI is InChI=1S/C25H26N4O3/c1-5-17(3)32-21-12-10-20(11-13-21)28-16(2)14-19(18(28)4)15-26-29-24(30)22-8-6-7-9-23(22)27-25(29)31/h6-15,17H,5H2,1-4H3,(H,27,31). The number of rotatable bonds is 6. The van der Waals surface area contributed by atoms with Crippen molar-refractivity contribution in [1.82, 2.24) is 14.2 Å². The smallest absolute Gasteiger partial charge is 0.349 e. The van der Waals surface area contributed by atoms with Gasteiger partial charge in [0.1, 0.15) is 5.75 Å². The van der Waals surface area contributed by atoms with Crippen molar-refractivity contribution in [1.29, 1.82) is 0 Å². The van der Waals surface area contributed by atoms with Crippen LogP contribution in [0.1, 0.15) is 37.2 Å². The molecule has 4 rings (SSSR count). The van der Waals surface area contributed by atoms with Gasteiger partial charge in [-0.15, -0.1) is 4.68 Å². The number of para-hydroxylation sites is 1. The van der Waals surface area contributed by atoms with E-state index in [0.29, 0.717) is 10.9 Å². The van der Waals surface area contributed by atoms with Crippen LogP contribution in [-0.2, 0) is 0 Å². The number of ether oxygens (including phenoxy) is 1. The quantitative estimate of drug-likeness (QED) is 0.467. The Morgan fingerprint density at radius 3 is 2.53 bits per heavy atom. The highest BCUT2D eigenvalue weighted by Crippen LogP contribution is 2.23. The molecule has 1 atom stereocenters. The van der Waals surface area contributed by atoms with Gasteiger partial charge in [-0.2, -0.15) is 5.10 Å². The molecule has 0 fully saturated rings. The van der Waals surface area contributed by atoms with E-state index in [4.69, 9.17) is 4.74 Å². The Kier molecular flexibility index (Phi) is 5.81. The number of aryl methyl sites for hydroxylation is 1. The summed E-state index contributed by atoms with van der Waals surface area (Å²) in [7, 11) is 0. The lowest BCUT2D eigenvalue weighted by atomic mass is 10.2. The molecule has 4 aromatic rings. The van der Waals surface area contributed by atoms with Crippen LogP contribution in [-0.4, -0.2) is 26.5 Å². The van der Waals surface area contributed by atoms with E-state index in [0.717, 1.165) is 39.5 Å². The average Bonchev–Trinajstić information content (AvgIpc) is 3.07. The normalized spacial score (nSPS) is 12.5. The highest BCUT2D eigenvalue weighted by molar-refractivity contribution is 5.82. The first-order valence-electron chi connectivity index (χ1n) is 10.6. The summed E-state index contributed by atoms with van der Waals surface area (Å²) in [6, 6.07) is 16.8. The van der Waals surface area contributed by atoms with Gasteiger partial charge < -0.3 is 14.3 Å². The molecule has 0 saturated heterocycles. The first kappa shape index (κ1) is 21.4. The van der Waals surface area contributed by atoms with Crippen LogP contribution in [0.2, 0.25) is 0 Å². The molecule has 7 nitrogen and oxygen atoms in total. The highest BCUT2D eigenvalue weighted by atomic mass is 16.5. The van der Waals surface area contributed by atoms with Gasteiger partial charge in [-0.3, -0.25) is 4.79 Å². The Balaban J connectivity index is 1.67. The fraction of sp³-hybridized carbons (Fsp3) is 0.240. The Hall–Kier alpha value is -3.87. The fourth-order valence-corrected chi connectivity index (χ4v) is 3.68. The molecule has 0 aliphatic rings. The number of aromatic nitrogens is 3. The number of nitrogens with zero attached hydrogens (tertiary/aromatic N) is 3. The van der Waals surface area contributed by atoms with E-state index in [2.05, 4.69) is 21.6 Å². The molecule has 2 heterocycles. The molecule has 0 aliphatic heterocycles. The Labute approximate surface area is 185 Å². The van der Waals surface area contributed by atoms with E-state index in [9.17, 15) is 9.59 Å². The zero-order chi connectivity index (χ0) is 22.8. The summed E-state index contributed by atoms with van der Waals surface area (Å²) in [6.07, 6.45) is 2.66. The molecule has 0 bridgehead atoms. The molecular formula is C25H26N4O3.